The van der Waals surface area contributed by atoms with Crippen molar-refractivity contribution in [2.24, 2.45) is 0 Å². The summed E-state index contributed by atoms with van der Waals surface area (Å²) in [6.45, 7) is 3.47. The number of furan rings is 1. The normalized spacial score (nSPS) is 12.1. The second-order valence-corrected chi connectivity index (χ2v) is 4.45. The molecule has 6 heteroatoms. The molecule has 0 fully saturated rings. The summed E-state index contributed by atoms with van der Waals surface area (Å²) in [7, 11) is 0. The predicted octanol–water partition coefficient (Wildman–Crippen LogP) is 2.06. The monoisotopic (exact) mass is 292 g/mol. The standard InChI is InChI=1S/C15H20N2O4/c1-2-20-15-6-5-12(8-17-15)16-9-13(18)10-19-11-14-4-3-7-21-14/h3-8,13,16,18H,2,9-11H2,1H3. The maximum Gasteiger partial charge on any atom is 0.213 e. The van der Waals surface area contributed by atoms with Crippen molar-refractivity contribution in [1.82, 2.24) is 4.98 Å². The Labute approximate surface area is 123 Å². The van der Waals surface area contributed by atoms with Gasteiger partial charge in [0.05, 0.1) is 37.5 Å². The average Bonchev–Trinajstić information content (AvgIpc) is 3.00. The summed E-state index contributed by atoms with van der Waals surface area (Å²) >= 11 is 0. The summed E-state index contributed by atoms with van der Waals surface area (Å²) in [5, 5.41) is 12.9. The van der Waals surface area contributed by atoms with Crippen LogP contribution in [0.3, 0.4) is 0 Å². The number of nitrogens with zero attached hydrogens (tertiary/aromatic N) is 1. The van der Waals surface area contributed by atoms with Crippen molar-refractivity contribution in [2.75, 3.05) is 25.1 Å². The fraction of sp³-hybridized carbons (Fsp3) is 0.400. The minimum Gasteiger partial charge on any atom is -0.478 e. The van der Waals surface area contributed by atoms with E-state index in [0.29, 0.717) is 25.6 Å². The van der Waals surface area contributed by atoms with E-state index in [-0.39, 0.29) is 6.61 Å². The largest absolute Gasteiger partial charge is 0.478 e. The molecule has 0 spiro atoms. The van der Waals surface area contributed by atoms with Crippen LogP contribution >= 0.6 is 0 Å². The smallest absolute Gasteiger partial charge is 0.213 e. The van der Waals surface area contributed by atoms with Gasteiger partial charge >= 0.3 is 0 Å². The summed E-state index contributed by atoms with van der Waals surface area (Å²) in [6.07, 6.45) is 2.66. The summed E-state index contributed by atoms with van der Waals surface area (Å²) < 4.78 is 15.8. The average molecular weight is 292 g/mol. The second kappa shape index (κ2) is 8.28. The number of aliphatic hydroxyl groups is 1. The third-order valence-electron chi connectivity index (χ3n) is 2.71. The van der Waals surface area contributed by atoms with Gasteiger partial charge in [-0.3, -0.25) is 0 Å². The van der Waals surface area contributed by atoms with Gasteiger partial charge in [-0.2, -0.15) is 0 Å². The quantitative estimate of drug-likeness (QED) is 0.736. The molecule has 2 rings (SSSR count). The molecule has 114 valence electrons. The van der Waals surface area contributed by atoms with Gasteiger partial charge in [0.15, 0.2) is 0 Å². The van der Waals surface area contributed by atoms with Crippen LogP contribution in [0.25, 0.3) is 0 Å². The van der Waals surface area contributed by atoms with Gasteiger partial charge < -0.3 is 24.3 Å². The Morgan fingerprint density at radius 1 is 1.38 bits per heavy atom. The van der Waals surface area contributed by atoms with Crippen LogP contribution in [0.5, 0.6) is 5.88 Å². The zero-order valence-corrected chi connectivity index (χ0v) is 12.0. The zero-order chi connectivity index (χ0) is 14.9. The van der Waals surface area contributed by atoms with Crippen LogP contribution in [-0.2, 0) is 11.3 Å². The molecule has 2 aromatic rings. The predicted molar refractivity (Wildman–Crippen MR) is 78.3 cm³/mol. The first kappa shape index (κ1) is 15.3. The molecule has 0 aliphatic rings. The molecule has 0 amide bonds. The maximum atomic E-state index is 9.81. The van der Waals surface area contributed by atoms with E-state index in [1.807, 2.05) is 19.1 Å². The van der Waals surface area contributed by atoms with Crippen molar-refractivity contribution in [1.29, 1.82) is 0 Å². The van der Waals surface area contributed by atoms with E-state index in [9.17, 15) is 5.11 Å². The summed E-state index contributed by atoms with van der Waals surface area (Å²) in [5.41, 5.74) is 0.823. The van der Waals surface area contributed by atoms with E-state index < -0.39 is 6.10 Å². The Morgan fingerprint density at radius 2 is 2.29 bits per heavy atom. The first-order valence-electron chi connectivity index (χ1n) is 6.89. The first-order valence-corrected chi connectivity index (χ1v) is 6.89. The fourth-order valence-corrected chi connectivity index (χ4v) is 1.70. The van der Waals surface area contributed by atoms with Crippen LogP contribution in [0.15, 0.2) is 41.1 Å². The molecule has 1 atom stereocenters. The lowest BCUT2D eigenvalue weighted by atomic mass is 10.3. The van der Waals surface area contributed by atoms with E-state index in [0.717, 1.165) is 11.4 Å². The van der Waals surface area contributed by atoms with Gasteiger partial charge in [0.25, 0.3) is 0 Å². The van der Waals surface area contributed by atoms with Gasteiger partial charge in [-0.15, -0.1) is 0 Å². The molecular weight excluding hydrogens is 272 g/mol. The number of aromatic nitrogens is 1. The molecule has 0 bridgehead atoms. The number of ether oxygens (including phenoxy) is 2. The van der Waals surface area contributed by atoms with Crippen molar-refractivity contribution in [3.8, 4) is 5.88 Å². The zero-order valence-electron chi connectivity index (χ0n) is 12.0. The lowest BCUT2D eigenvalue weighted by Gasteiger charge is -2.13. The third kappa shape index (κ3) is 5.45. The SMILES string of the molecule is CCOc1ccc(NCC(O)COCc2ccco2)cn1. The maximum absolute atomic E-state index is 9.81. The summed E-state index contributed by atoms with van der Waals surface area (Å²) in [6, 6.07) is 7.27. The molecule has 0 aliphatic heterocycles. The van der Waals surface area contributed by atoms with Crippen LogP contribution in [0, 0.1) is 0 Å². The highest BCUT2D eigenvalue weighted by Crippen LogP contribution is 2.11. The van der Waals surface area contributed by atoms with Crippen LogP contribution in [0.1, 0.15) is 12.7 Å². The van der Waals surface area contributed by atoms with Crippen molar-refractivity contribution in [3.63, 3.8) is 0 Å². The molecule has 0 saturated heterocycles. The second-order valence-electron chi connectivity index (χ2n) is 4.45. The Hall–Kier alpha value is -2.05. The van der Waals surface area contributed by atoms with E-state index in [4.69, 9.17) is 13.9 Å². The summed E-state index contributed by atoms with van der Waals surface area (Å²) in [5.74, 6) is 1.33. The van der Waals surface area contributed by atoms with Gasteiger partial charge in [0, 0.05) is 12.6 Å². The molecule has 6 nitrogen and oxygen atoms in total. The molecule has 0 radical (unpaired) electrons. The molecule has 0 saturated carbocycles. The minimum atomic E-state index is -0.605. The van der Waals surface area contributed by atoms with Crippen molar-refractivity contribution in [2.45, 2.75) is 19.6 Å². The Balaban J connectivity index is 1.64. The number of hydrogen-bond donors (Lipinski definition) is 2. The van der Waals surface area contributed by atoms with Crippen molar-refractivity contribution in [3.05, 3.63) is 42.5 Å². The van der Waals surface area contributed by atoms with Crippen LogP contribution in [0.2, 0.25) is 0 Å². The van der Waals surface area contributed by atoms with Crippen LogP contribution in [0.4, 0.5) is 5.69 Å². The fourth-order valence-electron chi connectivity index (χ4n) is 1.70. The van der Waals surface area contributed by atoms with E-state index in [2.05, 4.69) is 10.3 Å². The number of pyridine rings is 1. The highest BCUT2D eigenvalue weighted by atomic mass is 16.5. The Bertz CT molecular complexity index is 499. The molecule has 2 heterocycles. The van der Waals surface area contributed by atoms with Crippen LogP contribution in [-0.4, -0.2) is 36.0 Å². The topological polar surface area (TPSA) is 76.8 Å². The van der Waals surface area contributed by atoms with Crippen LogP contribution < -0.4 is 10.1 Å². The highest BCUT2D eigenvalue weighted by Gasteiger charge is 2.05. The van der Waals surface area contributed by atoms with Gasteiger partial charge in [-0.05, 0) is 25.1 Å². The number of rotatable bonds is 9. The molecular formula is C15H20N2O4. The Kier molecular flexibility index (Phi) is 6.05. The van der Waals surface area contributed by atoms with E-state index in [1.165, 1.54) is 0 Å². The summed E-state index contributed by atoms with van der Waals surface area (Å²) in [4.78, 5) is 4.13. The van der Waals surface area contributed by atoms with Crippen molar-refractivity contribution < 1.29 is 19.0 Å². The lowest BCUT2D eigenvalue weighted by Crippen LogP contribution is -2.24. The molecule has 0 aromatic carbocycles. The number of nitrogens with one attached hydrogen (secondary N) is 1. The van der Waals surface area contributed by atoms with Gasteiger partial charge in [0.1, 0.15) is 12.4 Å². The number of anilines is 1. The first-order chi connectivity index (χ1) is 10.3. The lowest BCUT2D eigenvalue weighted by molar-refractivity contribution is 0.0282. The molecule has 2 N–H and O–H groups in total. The molecule has 0 aliphatic carbocycles. The third-order valence-corrected chi connectivity index (χ3v) is 2.71. The number of hydrogen-bond acceptors (Lipinski definition) is 6. The minimum absolute atomic E-state index is 0.234. The molecule has 2 aromatic heterocycles. The van der Waals surface area contributed by atoms with E-state index in [1.54, 1.807) is 24.6 Å². The van der Waals surface area contributed by atoms with Gasteiger partial charge in [-0.1, -0.05) is 0 Å². The van der Waals surface area contributed by atoms with Gasteiger partial charge in [-0.25, -0.2) is 4.98 Å². The van der Waals surface area contributed by atoms with Crippen molar-refractivity contribution >= 4 is 5.69 Å². The Morgan fingerprint density at radius 3 is 2.95 bits per heavy atom. The highest BCUT2D eigenvalue weighted by molar-refractivity contribution is 5.42. The van der Waals surface area contributed by atoms with Gasteiger partial charge in [0.2, 0.25) is 5.88 Å². The number of aliphatic hydroxyl groups excluding tert-OH is 1. The van der Waals surface area contributed by atoms with E-state index >= 15 is 0 Å². The molecule has 1 unspecified atom stereocenters. The molecule has 21 heavy (non-hydrogen) atoms.